The van der Waals surface area contributed by atoms with Gasteiger partial charge in [-0.25, -0.2) is 5.01 Å². The summed E-state index contributed by atoms with van der Waals surface area (Å²) >= 11 is 5.94. The molecule has 0 aliphatic carbocycles. The molecule has 7 heteroatoms. The van der Waals surface area contributed by atoms with Gasteiger partial charge in [0.1, 0.15) is 6.04 Å². The van der Waals surface area contributed by atoms with Gasteiger partial charge in [-0.2, -0.15) is 13.2 Å². The number of benzene rings is 1. The molecule has 1 aliphatic rings. The summed E-state index contributed by atoms with van der Waals surface area (Å²) < 4.78 is 39.2. The number of hydrazine groups is 1. The van der Waals surface area contributed by atoms with Crippen LogP contribution in [0.1, 0.15) is 18.4 Å². The second-order valence-electron chi connectivity index (χ2n) is 4.67. The van der Waals surface area contributed by atoms with E-state index >= 15 is 0 Å². The number of carbonyl (C=O) groups excluding carboxylic acids is 1. The largest absolute Gasteiger partial charge is 0.405 e. The molecule has 20 heavy (non-hydrogen) atoms. The van der Waals surface area contributed by atoms with Gasteiger partial charge in [-0.05, 0) is 24.5 Å². The zero-order valence-corrected chi connectivity index (χ0v) is 11.3. The summed E-state index contributed by atoms with van der Waals surface area (Å²) in [4.78, 5) is 11.1. The normalized spacial score (nSPS) is 18.1. The van der Waals surface area contributed by atoms with Crippen molar-refractivity contribution in [1.82, 2.24) is 10.4 Å². The lowest BCUT2D eigenvalue weighted by Gasteiger charge is -2.29. The number of rotatable bonds is 4. The Morgan fingerprint density at radius 2 is 2.05 bits per heavy atom. The fourth-order valence-electron chi connectivity index (χ4n) is 2.22. The molecule has 1 aliphatic heterocycles. The standard InChI is InChI=1S/C13H14ClF3N2O/c14-10-4-2-1-3-9(10)5-6-11(13(15,16)17)19-8-7-12(20)18-19/h1-4,11H,5-8H2,(H,18,20). The third kappa shape index (κ3) is 3.64. The van der Waals surface area contributed by atoms with Crippen molar-refractivity contribution in [1.29, 1.82) is 0 Å². The number of hydrogen-bond acceptors (Lipinski definition) is 2. The van der Waals surface area contributed by atoms with Crippen molar-refractivity contribution < 1.29 is 18.0 Å². The number of carbonyl (C=O) groups is 1. The lowest BCUT2D eigenvalue weighted by atomic mass is 10.0. The average molecular weight is 307 g/mol. The first kappa shape index (κ1) is 15.1. The predicted molar refractivity (Wildman–Crippen MR) is 69.1 cm³/mol. The van der Waals surface area contributed by atoms with Gasteiger partial charge in [0.25, 0.3) is 0 Å². The molecule has 110 valence electrons. The molecule has 1 amide bonds. The number of alkyl halides is 3. The minimum atomic E-state index is -4.39. The Bertz CT molecular complexity index is 493. The molecule has 1 atom stereocenters. The van der Waals surface area contributed by atoms with E-state index in [9.17, 15) is 18.0 Å². The van der Waals surface area contributed by atoms with Crippen LogP contribution < -0.4 is 5.43 Å². The van der Waals surface area contributed by atoms with E-state index in [-0.39, 0.29) is 31.7 Å². The highest BCUT2D eigenvalue weighted by Gasteiger charge is 2.45. The van der Waals surface area contributed by atoms with E-state index < -0.39 is 12.2 Å². The van der Waals surface area contributed by atoms with Crippen LogP contribution in [0.2, 0.25) is 5.02 Å². The quantitative estimate of drug-likeness (QED) is 0.927. The third-order valence-electron chi connectivity index (χ3n) is 3.25. The Morgan fingerprint density at radius 1 is 1.35 bits per heavy atom. The number of nitrogens with one attached hydrogen (secondary N) is 1. The molecule has 1 heterocycles. The highest BCUT2D eigenvalue weighted by molar-refractivity contribution is 6.31. The average Bonchev–Trinajstić information content (AvgIpc) is 2.76. The molecule has 1 unspecified atom stereocenters. The van der Waals surface area contributed by atoms with Crippen molar-refractivity contribution in [3.8, 4) is 0 Å². The Kier molecular flexibility index (Phi) is 4.55. The van der Waals surface area contributed by atoms with Crippen molar-refractivity contribution in [3.05, 3.63) is 34.9 Å². The third-order valence-corrected chi connectivity index (χ3v) is 3.62. The SMILES string of the molecule is O=C1CCN(C(CCc2ccccc2Cl)C(F)(F)F)N1. The van der Waals surface area contributed by atoms with Gasteiger partial charge in [0.2, 0.25) is 5.91 Å². The van der Waals surface area contributed by atoms with E-state index in [1.807, 2.05) is 0 Å². The Hall–Kier alpha value is -1.27. The van der Waals surface area contributed by atoms with E-state index in [0.29, 0.717) is 10.6 Å². The number of halogens is 4. The Labute approximate surface area is 119 Å². The van der Waals surface area contributed by atoms with Crippen LogP contribution in [0.15, 0.2) is 24.3 Å². The summed E-state index contributed by atoms with van der Waals surface area (Å²) in [6.07, 6.45) is -4.23. The molecule has 0 saturated carbocycles. The number of amides is 1. The first-order valence-electron chi connectivity index (χ1n) is 6.24. The van der Waals surface area contributed by atoms with Crippen molar-refractivity contribution in [3.63, 3.8) is 0 Å². The van der Waals surface area contributed by atoms with Gasteiger partial charge in [0.05, 0.1) is 0 Å². The fourth-order valence-corrected chi connectivity index (χ4v) is 2.45. The molecule has 1 saturated heterocycles. The molecule has 1 aromatic carbocycles. The molecular formula is C13H14ClF3N2O. The summed E-state index contributed by atoms with van der Waals surface area (Å²) in [5.74, 6) is -0.378. The van der Waals surface area contributed by atoms with Gasteiger partial charge in [-0.3, -0.25) is 10.2 Å². The Morgan fingerprint density at radius 3 is 2.60 bits per heavy atom. The number of hydrogen-bond donors (Lipinski definition) is 1. The summed E-state index contributed by atoms with van der Waals surface area (Å²) in [5.41, 5.74) is 2.93. The van der Waals surface area contributed by atoms with Crippen LogP contribution in [0.4, 0.5) is 13.2 Å². The topological polar surface area (TPSA) is 32.3 Å². The summed E-state index contributed by atoms with van der Waals surface area (Å²) in [6.45, 7) is 0.0749. The fraction of sp³-hybridized carbons (Fsp3) is 0.462. The van der Waals surface area contributed by atoms with Gasteiger partial charge in [0.15, 0.2) is 0 Å². The van der Waals surface area contributed by atoms with Crippen LogP contribution in [0, 0.1) is 0 Å². The molecule has 1 aromatic rings. The summed E-state index contributed by atoms with van der Waals surface area (Å²) in [6, 6.07) is 5.13. The maximum absolute atomic E-state index is 13.1. The first-order valence-corrected chi connectivity index (χ1v) is 6.62. The van der Waals surface area contributed by atoms with E-state index in [1.54, 1.807) is 24.3 Å². The van der Waals surface area contributed by atoms with Gasteiger partial charge in [0, 0.05) is 18.0 Å². The molecule has 1 fully saturated rings. The minimum Gasteiger partial charge on any atom is -0.288 e. The van der Waals surface area contributed by atoms with Gasteiger partial charge in [-0.1, -0.05) is 29.8 Å². The second-order valence-corrected chi connectivity index (χ2v) is 5.07. The highest BCUT2D eigenvalue weighted by atomic mass is 35.5. The molecule has 0 aromatic heterocycles. The van der Waals surface area contributed by atoms with E-state index in [2.05, 4.69) is 5.43 Å². The van der Waals surface area contributed by atoms with E-state index in [0.717, 1.165) is 5.01 Å². The lowest BCUT2D eigenvalue weighted by molar-refractivity contribution is -0.189. The van der Waals surface area contributed by atoms with Crippen LogP contribution >= 0.6 is 11.6 Å². The molecule has 0 radical (unpaired) electrons. The van der Waals surface area contributed by atoms with Crippen molar-refractivity contribution in [2.45, 2.75) is 31.5 Å². The van der Waals surface area contributed by atoms with E-state index in [4.69, 9.17) is 11.6 Å². The second kappa shape index (κ2) is 6.01. The van der Waals surface area contributed by atoms with Gasteiger partial charge >= 0.3 is 6.18 Å². The molecule has 0 spiro atoms. The van der Waals surface area contributed by atoms with Gasteiger partial charge in [-0.15, -0.1) is 0 Å². The van der Waals surface area contributed by atoms with E-state index in [1.165, 1.54) is 0 Å². The summed E-state index contributed by atoms with van der Waals surface area (Å²) in [5, 5.41) is 1.43. The molecule has 1 N–H and O–H groups in total. The van der Waals surface area contributed by atoms with Crippen molar-refractivity contribution >= 4 is 17.5 Å². The predicted octanol–water partition coefficient (Wildman–Crippen LogP) is 2.94. The van der Waals surface area contributed by atoms with Crippen LogP contribution in [-0.2, 0) is 11.2 Å². The zero-order valence-electron chi connectivity index (χ0n) is 10.6. The molecular weight excluding hydrogens is 293 g/mol. The smallest absolute Gasteiger partial charge is 0.288 e. The van der Waals surface area contributed by atoms with Crippen LogP contribution in [0.25, 0.3) is 0 Å². The molecule has 3 nitrogen and oxygen atoms in total. The number of aryl methyl sites for hydroxylation is 1. The Balaban J connectivity index is 2.05. The first-order chi connectivity index (χ1) is 9.38. The molecule has 0 bridgehead atoms. The number of nitrogens with zero attached hydrogens (tertiary/aromatic N) is 1. The van der Waals surface area contributed by atoms with Crippen LogP contribution in [0.5, 0.6) is 0 Å². The van der Waals surface area contributed by atoms with Crippen LogP contribution in [-0.4, -0.2) is 29.7 Å². The lowest BCUT2D eigenvalue weighted by Crippen LogP contribution is -2.50. The summed E-state index contributed by atoms with van der Waals surface area (Å²) in [7, 11) is 0. The van der Waals surface area contributed by atoms with Gasteiger partial charge < -0.3 is 0 Å². The monoisotopic (exact) mass is 306 g/mol. The maximum Gasteiger partial charge on any atom is 0.405 e. The minimum absolute atomic E-state index is 0.0749. The van der Waals surface area contributed by atoms with Crippen molar-refractivity contribution in [2.24, 2.45) is 0 Å². The highest BCUT2D eigenvalue weighted by Crippen LogP contribution is 2.29. The van der Waals surface area contributed by atoms with Crippen LogP contribution in [0.3, 0.4) is 0 Å². The molecule has 2 rings (SSSR count). The van der Waals surface area contributed by atoms with Crippen molar-refractivity contribution in [2.75, 3.05) is 6.54 Å². The zero-order chi connectivity index (χ0) is 14.8. The maximum atomic E-state index is 13.1.